The van der Waals surface area contributed by atoms with Crippen molar-refractivity contribution in [1.29, 1.82) is 0 Å². The topological polar surface area (TPSA) is 66.8 Å². The van der Waals surface area contributed by atoms with Gasteiger partial charge in [0.05, 0.1) is 17.2 Å². The van der Waals surface area contributed by atoms with Crippen molar-refractivity contribution in [3.8, 4) is 0 Å². The number of aliphatic hydroxyl groups excluding tert-OH is 1. The summed E-state index contributed by atoms with van der Waals surface area (Å²) >= 11 is 5.52. The minimum Gasteiger partial charge on any atom is -0.479 e. The van der Waals surface area contributed by atoms with E-state index in [9.17, 15) is 14.3 Å². The summed E-state index contributed by atoms with van der Waals surface area (Å²) in [5, 5.41) is 18.2. The average molecular weight is 277 g/mol. The van der Waals surface area contributed by atoms with Gasteiger partial charge in [0.2, 0.25) is 0 Å². The van der Waals surface area contributed by atoms with Gasteiger partial charge in [0, 0.05) is 0 Å². The lowest BCUT2D eigenvalue weighted by Crippen LogP contribution is -2.28. The van der Waals surface area contributed by atoms with Crippen LogP contribution in [0, 0.1) is 5.82 Å². The zero-order valence-corrected chi connectivity index (χ0v) is 10.7. The molecule has 0 radical (unpaired) electrons. The molecule has 0 aromatic heterocycles. The Morgan fingerprint density at radius 1 is 1.44 bits per heavy atom. The third-order valence-corrected chi connectivity index (χ3v) is 2.81. The van der Waals surface area contributed by atoms with E-state index in [0.29, 0.717) is 0 Å². The van der Waals surface area contributed by atoms with E-state index >= 15 is 0 Å². The van der Waals surface area contributed by atoms with E-state index in [1.54, 1.807) is 0 Å². The average Bonchev–Trinajstić information content (AvgIpc) is 2.29. The molecule has 3 unspecified atom stereocenters. The summed E-state index contributed by atoms with van der Waals surface area (Å²) in [6.45, 7) is 3.01. The van der Waals surface area contributed by atoms with E-state index in [0.717, 1.165) is 6.07 Å². The molecule has 0 bridgehead atoms. The molecule has 6 heteroatoms. The number of carboxylic acid groups (broad SMARTS) is 1. The van der Waals surface area contributed by atoms with Crippen LogP contribution in [0.3, 0.4) is 0 Å². The molecule has 4 nitrogen and oxygen atoms in total. The Bertz CT molecular complexity index is 436. The van der Waals surface area contributed by atoms with Gasteiger partial charge in [0.1, 0.15) is 5.82 Å². The number of benzene rings is 1. The molecule has 0 saturated carbocycles. The number of halogens is 2. The van der Waals surface area contributed by atoms with Gasteiger partial charge in [-0.2, -0.15) is 0 Å². The first kappa shape index (κ1) is 14.9. The standard InChI is InChI=1S/C12H14ClFO4/c1-6(15)7(2)18-11(12(16)17)8-3-4-9(13)10(14)5-8/h3-7,11,15H,1-2H3,(H,16,17). The number of carbonyl (C=O) groups is 1. The predicted molar refractivity (Wildman–Crippen MR) is 64.0 cm³/mol. The van der Waals surface area contributed by atoms with Crippen LogP contribution in [0.5, 0.6) is 0 Å². The molecule has 3 atom stereocenters. The lowest BCUT2D eigenvalue weighted by Gasteiger charge is -2.21. The number of hydrogen-bond donors (Lipinski definition) is 2. The first-order chi connectivity index (χ1) is 8.32. The summed E-state index contributed by atoms with van der Waals surface area (Å²) in [5.74, 6) is -1.97. The third kappa shape index (κ3) is 3.66. The molecule has 0 amide bonds. The van der Waals surface area contributed by atoms with Crippen LogP contribution in [0.4, 0.5) is 4.39 Å². The molecular weight excluding hydrogens is 263 g/mol. The molecular formula is C12H14ClFO4. The van der Waals surface area contributed by atoms with E-state index in [4.69, 9.17) is 21.4 Å². The fraction of sp³-hybridized carbons (Fsp3) is 0.417. The van der Waals surface area contributed by atoms with Crippen LogP contribution in [-0.2, 0) is 9.53 Å². The van der Waals surface area contributed by atoms with Crippen molar-refractivity contribution < 1.29 is 24.1 Å². The quantitative estimate of drug-likeness (QED) is 0.866. The van der Waals surface area contributed by atoms with Crippen molar-refractivity contribution in [2.45, 2.75) is 32.2 Å². The number of rotatable bonds is 5. The Labute approximate surface area is 109 Å². The van der Waals surface area contributed by atoms with Crippen LogP contribution >= 0.6 is 11.6 Å². The van der Waals surface area contributed by atoms with Crippen LogP contribution in [0.1, 0.15) is 25.5 Å². The SMILES string of the molecule is CC(O)C(C)OC(C(=O)O)c1ccc(Cl)c(F)c1. The van der Waals surface area contributed by atoms with Gasteiger partial charge in [0.25, 0.3) is 0 Å². The van der Waals surface area contributed by atoms with E-state index < -0.39 is 30.1 Å². The molecule has 0 aliphatic heterocycles. The summed E-state index contributed by atoms with van der Waals surface area (Å²) in [6.07, 6.45) is -2.87. The largest absolute Gasteiger partial charge is 0.479 e. The normalized spacial score (nSPS) is 16.1. The first-order valence-electron chi connectivity index (χ1n) is 5.34. The van der Waals surface area contributed by atoms with Crippen molar-refractivity contribution in [3.63, 3.8) is 0 Å². The summed E-state index contributed by atoms with van der Waals surface area (Å²) < 4.78 is 18.5. The summed E-state index contributed by atoms with van der Waals surface area (Å²) in [5.41, 5.74) is 0.136. The highest BCUT2D eigenvalue weighted by molar-refractivity contribution is 6.30. The fourth-order valence-corrected chi connectivity index (χ4v) is 1.40. The second kappa shape index (κ2) is 6.13. The van der Waals surface area contributed by atoms with Crippen LogP contribution in [0.15, 0.2) is 18.2 Å². The third-order valence-electron chi connectivity index (χ3n) is 2.50. The highest BCUT2D eigenvalue weighted by Crippen LogP contribution is 2.24. The van der Waals surface area contributed by atoms with Gasteiger partial charge >= 0.3 is 5.97 Å². The molecule has 1 rings (SSSR count). The Kier molecular flexibility index (Phi) is 5.07. The molecule has 100 valence electrons. The summed E-state index contributed by atoms with van der Waals surface area (Å²) in [4.78, 5) is 11.1. The number of ether oxygens (including phenoxy) is 1. The minimum atomic E-state index is -1.35. The second-order valence-electron chi connectivity index (χ2n) is 3.97. The van der Waals surface area contributed by atoms with Crippen molar-refractivity contribution in [3.05, 3.63) is 34.6 Å². The second-order valence-corrected chi connectivity index (χ2v) is 4.38. The van der Waals surface area contributed by atoms with E-state index in [1.165, 1.54) is 26.0 Å². The number of aliphatic carboxylic acids is 1. The maximum Gasteiger partial charge on any atom is 0.337 e. The Morgan fingerprint density at radius 3 is 2.50 bits per heavy atom. The molecule has 0 aliphatic rings. The Hall–Kier alpha value is -1.17. The Morgan fingerprint density at radius 2 is 2.06 bits per heavy atom. The summed E-state index contributed by atoms with van der Waals surface area (Å²) in [7, 11) is 0. The number of carboxylic acids is 1. The monoisotopic (exact) mass is 276 g/mol. The lowest BCUT2D eigenvalue weighted by molar-refractivity contribution is -0.158. The zero-order chi connectivity index (χ0) is 13.9. The number of hydrogen-bond acceptors (Lipinski definition) is 3. The van der Waals surface area contributed by atoms with E-state index in [2.05, 4.69) is 0 Å². The predicted octanol–water partition coefficient (Wildman–Crippen LogP) is 2.39. The van der Waals surface area contributed by atoms with Gasteiger partial charge in [-0.25, -0.2) is 9.18 Å². The van der Waals surface area contributed by atoms with E-state index in [-0.39, 0.29) is 10.6 Å². The molecule has 1 aromatic carbocycles. The maximum atomic E-state index is 13.3. The van der Waals surface area contributed by atoms with Crippen molar-refractivity contribution in [2.75, 3.05) is 0 Å². The zero-order valence-electron chi connectivity index (χ0n) is 9.93. The first-order valence-corrected chi connectivity index (χ1v) is 5.72. The molecule has 0 fully saturated rings. The van der Waals surface area contributed by atoms with Crippen LogP contribution in [0.25, 0.3) is 0 Å². The van der Waals surface area contributed by atoms with Gasteiger partial charge in [-0.15, -0.1) is 0 Å². The van der Waals surface area contributed by atoms with Gasteiger partial charge < -0.3 is 14.9 Å². The highest BCUT2D eigenvalue weighted by Gasteiger charge is 2.25. The molecule has 1 aromatic rings. The molecule has 2 N–H and O–H groups in total. The molecule has 18 heavy (non-hydrogen) atoms. The van der Waals surface area contributed by atoms with Gasteiger partial charge in [0.15, 0.2) is 6.10 Å². The fourth-order valence-electron chi connectivity index (χ4n) is 1.28. The molecule has 0 saturated heterocycles. The minimum absolute atomic E-state index is 0.0912. The molecule has 0 spiro atoms. The molecule has 0 aliphatic carbocycles. The van der Waals surface area contributed by atoms with Crippen molar-refractivity contribution in [1.82, 2.24) is 0 Å². The smallest absolute Gasteiger partial charge is 0.337 e. The van der Waals surface area contributed by atoms with Crippen molar-refractivity contribution >= 4 is 17.6 Å². The highest BCUT2D eigenvalue weighted by atomic mass is 35.5. The van der Waals surface area contributed by atoms with Crippen LogP contribution < -0.4 is 0 Å². The van der Waals surface area contributed by atoms with Crippen LogP contribution in [0.2, 0.25) is 5.02 Å². The maximum absolute atomic E-state index is 13.3. The lowest BCUT2D eigenvalue weighted by atomic mass is 10.1. The van der Waals surface area contributed by atoms with Gasteiger partial charge in [-0.05, 0) is 31.5 Å². The van der Waals surface area contributed by atoms with E-state index in [1.807, 2.05) is 0 Å². The molecule has 0 heterocycles. The van der Waals surface area contributed by atoms with Crippen LogP contribution in [-0.4, -0.2) is 28.4 Å². The van der Waals surface area contributed by atoms with Gasteiger partial charge in [-0.1, -0.05) is 17.7 Å². The van der Waals surface area contributed by atoms with Gasteiger partial charge in [-0.3, -0.25) is 0 Å². The number of aliphatic hydroxyl groups is 1. The summed E-state index contributed by atoms with van der Waals surface area (Å²) in [6, 6.07) is 3.65. The Balaban J connectivity index is 2.97. The van der Waals surface area contributed by atoms with Crippen molar-refractivity contribution in [2.24, 2.45) is 0 Å².